The summed E-state index contributed by atoms with van der Waals surface area (Å²) in [6, 6.07) is 4.87. The highest BCUT2D eigenvalue weighted by Crippen LogP contribution is 2.39. The van der Waals surface area contributed by atoms with Crippen LogP contribution in [0.4, 0.5) is 0 Å². The second kappa shape index (κ2) is 5.86. The molecule has 4 nitrogen and oxygen atoms in total. The lowest BCUT2D eigenvalue weighted by Crippen LogP contribution is -2.12. The van der Waals surface area contributed by atoms with E-state index in [0.717, 1.165) is 10.0 Å². The predicted molar refractivity (Wildman–Crippen MR) is 77.0 cm³/mol. The van der Waals surface area contributed by atoms with Gasteiger partial charge in [-0.3, -0.25) is 0 Å². The van der Waals surface area contributed by atoms with E-state index in [-0.39, 0.29) is 0 Å². The Bertz CT molecular complexity index is 585. The molecule has 2 aromatic rings. The standard InChI is InChI=1S/C13H13BrClNO3/c1-17-10-6-7(5-9(15)13(10)18-2)11(16)12-8(14)3-4-19-12/h3-6,11H,16H2,1-2H3. The molecule has 0 bridgehead atoms. The zero-order valence-electron chi connectivity index (χ0n) is 10.4. The number of methoxy groups -OCH3 is 2. The first-order chi connectivity index (χ1) is 9.08. The van der Waals surface area contributed by atoms with Crippen LogP contribution in [0.5, 0.6) is 11.5 Å². The highest BCUT2D eigenvalue weighted by molar-refractivity contribution is 9.10. The van der Waals surface area contributed by atoms with Gasteiger partial charge in [0.25, 0.3) is 0 Å². The van der Waals surface area contributed by atoms with Crippen LogP contribution in [0.2, 0.25) is 5.02 Å². The SMILES string of the molecule is COc1cc(C(N)c2occc2Br)cc(Cl)c1OC. The number of ether oxygens (including phenoxy) is 2. The maximum atomic E-state index is 6.17. The first-order valence-corrected chi connectivity index (χ1v) is 6.65. The number of furan rings is 1. The number of rotatable bonds is 4. The lowest BCUT2D eigenvalue weighted by molar-refractivity contribution is 0.354. The Morgan fingerprint density at radius 1 is 1.32 bits per heavy atom. The van der Waals surface area contributed by atoms with Crippen molar-refractivity contribution in [2.75, 3.05) is 14.2 Å². The zero-order valence-corrected chi connectivity index (χ0v) is 12.8. The van der Waals surface area contributed by atoms with E-state index < -0.39 is 6.04 Å². The van der Waals surface area contributed by atoms with Crippen LogP contribution in [-0.4, -0.2) is 14.2 Å². The summed E-state index contributed by atoms with van der Waals surface area (Å²) in [6.45, 7) is 0. The number of nitrogens with two attached hydrogens (primary N) is 1. The fraction of sp³-hybridized carbons (Fsp3) is 0.231. The molecule has 0 aliphatic heterocycles. The Hall–Kier alpha value is -1.17. The van der Waals surface area contributed by atoms with E-state index in [1.54, 1.807) is 31.6 Å². The van der Waals surface area contributed by atoms with Crippen LogP contribution in [0.15, 0.2) is 33.4 Å². The minimum atomic E-state index is -0.443. The number of hydrogen-bond acceptors (Lipinski definition) is 4. The third-order valence-corrected chi connectivity index (χ3v) is 3.68. The van der Waals surface area contributed by atoms with Gasteiger partial charge in [-0.25, -0.2) is 0 Å². The van der Waals surface area contributed by atoms with Crippen LogP contribution in [0.25, 0.3) is 0 Å². The number of halogens is 2. The highest BCUT2D eigenvalue weighted by Gasteiger charge is 2.19. The van der Waals surface area contributed by atoms with Crippen molar-refractivity contribution in [3.05, 3.63) is 45.3 Å². The van der Waals surface area contributed by atoms with Crippen LogP contribution in [0, 0.1) is 0 Å². The van der Waals surface area contributed by atoms with Gasteiger partial charge in [0.1, 0.15) is 5.76 Å². The molecule has 0 saturated heterocycles. The van der Waals surface area contributed by atoms with Crippen LogP contribution in [0.3, 0.4) is 0 Å². The average Bonchev–Trinajstić information content (AvgIpc) is 2.83. The summed E-state index contributed by atoms with van der Waals surface area (Å²) in [5.74, 6) is 1.64. The molecule has 0 saturated carbocycles. The molecule has 19 heavy (non-hydrogen) atoms. The van der Waals surface area contributed by atoms with E-state index in [1.165, 1.54) is 7.11 Å². The zero-order chi connectivity index (χ0) is 14.0. The minimum absolute atomic E-state index is 0.440. The molecule has 0 aliphatic carbocycles. The summed E-state index contributed by atoms with van der Waals surface area (Å²) >= 11 is 9.54. The topological polar surface area (TPSA) is 57.6 Å². The van der Waals surface area contributed by atoms with Crippen molar-refractivity contribution in [1.82, 2.24) is 0 Å². The molecule has 0 radical (unpaired) electrons. The summed E-state index contributed by atoms with van der Waals surface area (Å²) in [7, 11) is 3.08. The lowest BCUT2D eigenvalue weighted by atomic mass is 10.0. The molecule has 0 fully saturated rings. The van der Waals surface area contributed by atoms with E-state index in [4.69, 9.17) is 31.2 Å². The fourth-order valence-electron chi connectivity index (χ4n) is 1.80. The Morgan fingerprint density at radius 3 is 2.58 bits per heavy atom. The van der Waals surface area contributed by atoms with E-state index in [9.17, 15) is 0 Å². The Labute approximate surface area is 124 Å². The minimum Gasteiger partial charge on any atom is -0.493 e. The lowest BCUT2D eigenvalue weighted by Gasteiger charge is -2.15. The Balaban J connectivity index is 2.46. The van der Waals surface area contributed by atoms with Crippen molar-refractivity contribution in [2.45, 2.75) is 6.04 Å². The van der Waals surface area contributed by atoms with E-state index in [2.05, 4.69) is 15.9 Å². The van der Waals surface area contributed by atoms with E-state index in [0.29, 0.717) is 22.3 Å². The summed E-state index contributed by atoms with van der Waals surface area (Å²) in [4.78, 5) is 0. The van der Waals surface area contributed by atoms with Crippen molar-refractivity contribution < 1.29 is 13.9 Å². The van der Waals surface area contributed by atoms with Gasteiger partial charge in [0.2, 0.25) is 0 Å². The van der Waals surface area contributed by atoms with Crippen LogP contribution in [-0.2, 0) is 0 Å². The average molecular weight is 347 g/mol. The summed E-state index contributed by atoms with van der Waals surface area (Å²) in [5.41, 5.74) is 6.94. The quantitative estimate of drug-likeness (QED) is 0.916. The summed E-state index contributed by atoms with van der Waals surface area (Å²) in [5, 5.41) is 0.440. The second-order valence-corrected chi connectivity index (χ2v) is 5.11. The normalized spacial score (nSPS) is 12.3. The molecule has 0 amide bonds. The third kappa shape index (κ3) is 2.73. The first-order valence-electron chi connectivity index (χ1n) is 5.48. The molecule has 0 aliphatic rings. The van der Waals surface area contributed by atoms with Gasteiger partial charge in [0, 0.05) is 0 Å². The Morgan fingerprint density at radius 2 is 2.05 bits per heavy atom. The van der Waals surface area contributed by atoms with E-state index >= 15 is 0 Å². The molecule has 1 atom stereocenters. The molecule has 1 aromatic heterocycles. The van der Waals surface area contributed by atoms with Crippen molar-refractivity contribution in [1.29, 1.82) is 0 Å². The van der Waals surface area contributed by atoms with Crippen molar-refractivity contribution in [3.63, 3.8) is 0 Å². The maximum Gasteiger partial charge on any atom is 0.179 e. The monoisotopic (exact) mass is 345 g/mol. The smallest absolute Gasteiger partial charge is 0.179 e. The van der Waals surface area contributed by atoms with Gasteiger partial charge < -0.3 is 19.6 Å². The summed E-state index contributed by atoms with van der Waals surface area (Å²) in [6.07, 6.45) is 1.57. The summed E-state index contributed by atoms with van der Waals surface area (Å²) < 4.78 is 16.6. The molecule has 2 N–H and O–H groups in total. The molecule has 1 heterocycles. The molecule has 0 spiro atoms. The largest absolute Gasteiger partial charge is 0.493 e. The fourth-order valence-corrected chi connectivity index (χ4v) is 2.54. The first kappa shape index (κ1) is 14.2. The molecular formula is C13H13BrClNO3. The molecular weight excluding hydrogens is 334 g/mol. The van der Waals surface area contributed by atoms with Crippen molar-refractivity contribution >= 4 is 27.5 Å². The van der Waals surface area contributed by atoms with Crippen molar-refractivity contribution in [2.24, 2.45) is 5.73 Å². The van der Waals surface area contributed by atoms with Gasteiger partial charge in [0.15, 0.2) is 11.5 Å². The van der Waals surface area contributed by atoms with Crippen LogP contribution in [0.1, 0.15) is 17.4 Å². The van der Waals surface area contributed by atoms with Crippen LogP contribution >= 0.6 is 27.5 Å². The molecule has 6 heteroatoms. The van der Waals surface area contributed by atoms with Crippen LogP contribution < -0.4 is 15.2 Å². The maximum absolute atomic E-state index is 6.17. The number of hydrogen-bond donors (Lipinski definition) is 1. The van der Waals surface area contributed by atoms with Gasteiger partial charge >= 0.3 is 0 Å². The molecule has 2 rings (SSSR count). The van der Waals surface area contributed by atoms with Crippen molar-refractivity contribution in [3.8, 4) is 11.5 Å². The highest BCUT2D eigenvalue weighted by atomic mass is 79.9. The van der Waals surface area contributed by atoms with Gasteiger partial charge in [-0.1, -0.05) is 11.6 Å². The number of benzene rings is 1. The predicted octanol–water partition coefficient (Wildman–Crippen LogP) is 3.76. The molecule has 102 valence electrons. The van der Waals surface area contributed by atoms with Gasteiger partial charge in [-0.05, 0) is 39.7 Å². The van der Waals surface area contributed by atoms with Gasteiger partial charge in [0.05, 0.1) is 36.0 Å². The third-order valence-electron chi connectivity index (χ3n) is 2.74. The second-order valence-electron chi connectivity index (χ2n) is 3.85. The molecule has 1 unspecified atom stereocenters. The van der Waals surface area contributed by atoms with E-state index in [1.807, 2.05) is 0 Å². The van der Waals surface area contributed by atoms with Gasteiger partial charge in [-0.15, -0.1) is 0 Å². The Kier molecular flexibility index (Phi) is 4.39. The molecule has 1 aromatic carbocycles. The van der Waals surface area contributed by atoms with Gasteiger partial charge in [-0.2, -0.15) is 0 Å².